The van der Waals surface area contributed by atoms with E-state index in [0.29, 0.717) is 16.9 Å². The molecule has 0 amide bonds. The predicted octanol–water partition coefficient (Wildman–Crippen LogP) is 4.33. The average molecular weight is 364 g/mol. The normalized spacial score (nSPS) is 11.0. The molecule has 6 nitrogen and oxygen atoms in total. The van der Waals surface area contributed by atoms with Crippen LogP contribution in [0.2, 0.25) is 0 Å². The Morgan fingerprint density at radius 2 is 2.08 bits per heavy atom. The second-order valence-corrected chi connectivity index (χ2v) is 6.70. The lowest BCUT2D eigenvalue weighted by molar-refractivity contribution is 0.346. The van der Waals surface area contributed by atoms with Gasteiger partial charge >= 0.3 is 0 Å². The zero-order chi connectivity index (χ0) is 17.4. The molecule has 0 atom stereocenters. The fraction of sp³-hybridized carbons (Fsp3) is 0.375. The van der Waals surface area contributed by atoms with Crippen molar-refractivity contribution in [2.45, 2.75) is 6.92 Å². The third kappa shape index (κ3) is 5.61. The van der Waals surface area contributed by atoms with Crippen molar-refractivity contribution in [2.24, 2.45) is 17.3 Å². The fourth-order valence-corrected chi connectivity index (χ4v) is 2.99. The number of azo groups is 1. The summed E-state index contributed by atoms with van der Waals surface area (Å²) in [5.74, 6) is 1.47. The third-order valence-corrected chi connectivity index (χ3v) is 4.46. The van der Waals surface area contributed by atoms with Gasteiger partial charge in [-0.2, -0.15) is 0 Å². The van der Waals surface area contributed by atoms with Gasteiger partial charge in [0.25, 0.3) is 0 Å². The Labute approximate surface area is 151 Å². The van der Waals surface area contributed by atoms with E-state index in [-0.39, 0.29) is 0 Å². The summed E-state index contributed by atoms with van der Waals surface area (Å²) in [6, 6.07) is 7.93. The van der Waals surface area contributed by atoms with Crippen molar-refractivity contribution in [3.63, 3.8) is 0 Å². The van der Waals surface area contributed by atoms with Crippen LogP contribution in [-0.2, 0) is 11.8 Å². The molecule has 2 aromatic rings. The number of ether oxygens (including phenoxy) is 1. The van der Waals surface area contributed by atoms with Gasteiger partial charge in [0, 0.05) is 44.5 Å². The number of anilines is 1. The number of thiocarbonyl (C=S) groups is 1. The zero-order valence-corrected chi connectivity index (χ0v) is 15.7. The molecule has 1 heterocycles. The molecule has 0 aliphatic heterocycles. The van der Waals surface area contributed by atoms with Gasteiger partial charge in [-0.05, 0) is 43.4 Å². The van der Waals surface area contributed by atoms with Gasteiger partial charge in [-0.1, -0.05) is 11.8 Å². The smallest absolute Gasteiger partial charge is 0.249 e. The van der Waals surface area contributed by atoms with Gasteiger partial charge < -0.3 is 14.2 Å². The van der Waals surface area contributed by atoms with E-state index >= 15 is 0 Å². The molecular formula is C16H21N5OS2. The van der Waals surface area contributed by atoms with Gasteiger partial charge in [0.15, 0.2) is 0 Å². The van der Waals surface area contributed by atoms with Gasteiger partial charge in [0.1, 0.15) is 0 Å². The van der Waals surface area contributed by atoms with E-state index in [1.807, 2.05) is 49.0 Å². The number of hydrogen-bond donors (Lipinski definition) is 0. The lowest BCUT2D eigenvalue weighted by atomic mass is 10.2. The Morgan fingerprint density at radius 1 is 1.33 bits per heavy atom. The Balaban J connectivity index is 1.86. The van der Waals surface area contributed by atoms with Gasteiger partial charge in [-0.3, -0.25) is 0 Å². The molecule has 0 aliphatic rings. The minimum absolute atomic E-state index is 0.582. The molecule has 0 saturated heterocycles. The Kier molecular flexibility index (Phi) is 7.20. The third-order valence-electron chi connectivity index (χ3n) is 3.25. The largest absolute Gasteiger partial charge is 0.479 e. The van der Waals surface area contributed by atoms with Gasteiger partial charge in [-0.25, -0.2) is 4.98 Å². The highest BCUT2D eigenvalue weighted by atomic mass is 32.2. The topological polar surface area (TPSA) is 55.0 Å². The lowest BCUT2D eigenvalue weighted by Gasteiger charge is -2.19. The van der Waals surface area contributed by atoms with Gasteiger partial charge in [-0.15, -0.1) is 10.2 Å². The summed E-state index contributed by atoms with van der Waals surface area (Å²) in [5, 5.41) is 8.33. The Bertz CT molecular complexity index is 684. The lowest BCUT2D eigenvalue weighted by Crippen LogP contribution is -2.20. The highest BCUT2D eigenvalue weighted by Crippen LogP contribution is 2.21. The highest BCUT2D eigenvalue weighted by molar-refractivity contribution is 8.22. The minimum Gasteiger partial charge on any atom is -0.479 e. The van der Waals surface area contributed by atoms with Crippen LogP contribution in [0.15, 0.2) is 46.9 Å². The Hall–Kier alpha value is -1.93. The molecule has 0 saturated carbocycles. The number of benzene rings is 1. The molecular weight excluding hydrogens is 342 g/mol. The molecule has 2 rings (SSSR count). The van der Waals surface area contributed by atoms with E-state index < -0.39 is 0 Å². The molecule has 1 aromatic heterocycles. The number of imidazole rings is 1. The second-order valence-electron chi connectivity index (χ2n) is 5.01. The molecule has 128 valence electrons. The molecule has 0 N–H and O–H groups in total. The van der Waals surface area contributed by atoms with E-state index in [1.54, 1.807) is 18.0 Å². The summed E-state index contributed by atoms with van der Waals surface area (Å²) in [5.41, 5.74) is 1.91. The number of thioether (sulfide) groups is 1. The summed E-state index contributed by atoms with van der Waals surface area (Å²) in [4.78, 5) is 6.28. The molecule has 1 aromatic carbocycles. The number of nitrogens with zero attached hydrogens (tertiary/aromatic N) is 5. The maximum atomic E-state index is 5.26. The van der Waals surface area contributed by atoms with Crippen molar-refractivity contribution < 1.29 is 4.74 Å². The SMILES string of the molecule is CCOC(=S)SCCN(C)c1ccc(N=Nc2nccn2C)cc1. The first-order chi connectivity index (χ1) is 11.6. The molecule has 0 fully saturated rings. The van der Waals surface area contributed by atoms with Crippen LogP contribution < -0.4 is 4.90 Å². The van der Waals surface area contributed by atoms with Gasteiger partial charge in [0.05, 0.1) is 12.3 Å². The standard InChI is InChI=1S/C16H21N5OS2/c1-4-22-16(23)24-12-11-20(2)14-7-5-13(6-8-14)18-19-15-17-9-10-21(15)3/h5-10H,4,11-12H2,1-3H3. The highest BCUT2D eigenvalue weighted by Gasteiger charge is 2.03. The molecule has 8 heteroatoms. The van der Waals surface area contributed by atoms with Crippen molar-refractivity contribution in [1.29, 1.82) is 0 Å². The van der Waals surface area contributed by atoms with Crippen molar-refractivity contribution >= 4 is 45.7 Å². The molecule has 0 unspecified atom stereocenters. The van der Waals surface area contributed by atoms with E-state index in [4.69, 9.17) is 17.0 Å². The first-order valence-electron chi connectivity index (χ1n) is 7.60. The summed E-state index contributed by atoms with van der Waals surface area (Å²) >= 11 is 6.66. The quantitative estimate of drug-likeness (QED) is 0.541. The van der Waals surface area contributed by atoms with E-state index in [2.05, 4.69) is 27.2 Å². The summed E-state index contributed by atoms with van der Waals surface area (Å²) < 4.78 is 7.68. The van der Waals surface area contributed by atoms with Crippen molar-refractivity contribution in [3.8, 4) is 0 Å². The van der Waals surface area contributed by atoms with Crippen molar-refractivity contribution in [2.75, 3.05) is 30.9 Å². The van der Waals surface area contributed by atoms with Crippen molar-refractivity contribution in [1.82, 2.24) is 9.55 Å². The molecule has 0 spiro atoms. The van der Waals surface area contributed by atoms with Crippen LogP contribution in [-0.4, -0.2) is 39.9 Å². The van der Waals surface area contributed by atoms with Crippen LogP contribution in [0.5, 0.6) is 0 Å². The first-order valence-corrected chi connectivity index (χ1v) is 8.99. The summed E-state index contributed by atoms with van der Waals surface area (Å²) in [6.45, 7) is 3.44. The molecule has 0 radical (unpaired) electrons. The van der Waals surface area contributed by atoms with Crippen LogP contribution in [0.25, 0.3) is 0 Å². The van der Waals surface area contributed by atoms with E-state index in [0.717, 1.165) is 23.7 Å². The summed E-state index contributed by atoms with van der Waals surface area (Å²) in [7, 11) is 3.93. The fourth-order valence-electron chi connectivity index (χ4n) is 1.88. The van der Waals surface area contributed by atoms with Crippen LogP contribution in [0, 0.1) is 0 Å². The second kappa shape index (κ2) is 9.39. The zero-order valence-electron chi connectivity index (χ0n) is 14.0. The number of rotatable bonds is 7. The van der Waals surface area contributed by atoms with Crippen LogP contribution >= 0.6 is 24.0 Å². The van der Waals surface area contributed by atoms with Gasteiger partial charge in [0.2, 0.25) is 10.3 Å². The monoisotopic (exact) mass is 363 g/mol. The predicted molar refractivity (Wildman–Crippen MR) is 104 cm³/mol. The first kappa shape index (κ1) is 18.4. The minimum atomic E-state index is 0.582. The average Bonchev–Trinajstić information content (AvgIpc) is 2.98. The number of aromatic nitrogens is 2. The number of aryl methyl sites for hydroxylation is 1. The maximum Gasteiger partial charge on any atom is 0.249 e. The summed E-state index contributed by atoms with van der Waals surface area (Å²) in [6.07, 6.45) is 3.53. The Morgan fingerprint density at radius 3 is 2.71 bits per heavy atom. The van der Waals surface area contributed by atoms with Crippen LogP contribution in [0.3, 0.4) is 0 Å². The maximum absolute atomic E-state index is 5.26. The van der Waals surface area contributed by atoms with Crippen LogP contribution in [0.4, 0.5) is 17.3 Å². The van der Waals surface area contributed by atoms with E-state index in [1.165, 1.54) is 0 Å². The van der Waals surface area contributed by atoms with Crippen LogP contribution in [0.1, 0.15) is 6.92 Å². The number of hydrogen-bond acceptors (Lipinski definition) is 7. The molecule has 0 aliphatic carbocycles. The van der Waals surface area contributed by atoms with Crippen molar-refractivity contribution in [3.05, 3.63) is 36.7 Å². The molecule has 24 heavy (non-hydrogen) atoms. The van der Waals surface area contributed by atoms with E-state index in [9.17, 15) is 0 Å². The molecule has 0 bridgehead atoms.